The fraction of sp³-hybridized carbons (Fsp3) is 0.286. The molecule has 3 rings (SSSR count). The summed E-state index contributed by atoms with van der Waals surface area (Å²) in [4.78, 5) is 4.63. The molecule has 0 fully saturated rings. The summed E-state index contributed by atoms with van der Waals surface area (Å²) in [5.41, 5.74) is 4.77. The van der Waals surface area contributed by atoms with Crippen molar-refractivity contribution >= 4 is 11.3 Å². The third-order valence-electron chi connectivity index (χ3n) is 4.40. The SMILES string of the molecule is COc1ccc(CNC(Cc2ccsc2)c2ncccc2C)cc1OC. The lowest BCUT2D eigenvalue weighted by Crippen LogP contribution is -2.24. The van der Waals surface area contributed by atoms with Gasteiger partial charge in [0.1, 0.15) is 0 Å². The first-order chi connectivity index (χ1) is 12.7. The molecule has 136 valence electrons. The lowest BCUT2D eigenvalue weighted by Gasteiger charge is -2.20. The Morgan fingerprint density at radius 3 is 2.62 bits per heavy atom. The molecule has 0 aliphatic carbocycles. The second-order valence-corrected chi connectivity index (χ2v) is 6.94. The van der Waals surface area contributed by atoms with Crippen LogP contribution in [-0.2, 0) is 13.0 Å². The van der Waals surface area contributed by atoms with Crippen LogP contribution in [0.5, 0.6) is 11.5 Å². The molecule has 5 heteroatoms. The summed E-state index contributed by atoms with van der Waals surface area (Å²) in [6.07, 6.45) is 2.77. The number of hydrogen-bond acceptors (Lipinski definition) is 5. The normalized spacial score (nSPS) is 12.0. The minimum atomic E-state index is 0.152. The maximum atomic E-state index is 5.41. The quantitative estimate of drug-likeness (QED) is 0.634. The molecule has 0 bridgehead atoms. The number of methoxy groups -OCH3 is 2. The molecule has 1 atom stereocenters. The molecule has 26 heavy (non-hydrogen) atoms. The van der Waals surface area contributed by atoms with Crippen LogP contribution in [0.25, 0.3) is 0 Å². The number of rotatable bonds is 8. The van der Waals surface area contributed by atoms with E-state index >= 15 is 0 Å². The third kappa shape index (κ3) is 4.42. The third-order valence-corrected chi connectivity index (χ3v) is 5.13. The Hall–Kier alpha value is -2.37. The van der Waals surface area contributed by atoms with E-state index in [0.717, 1.165) is 35.7 Å². The summed E-state index contributed by atoms with van der Waals surface area (Å²) in [5.74, 6) is 1.49. The second-order valence-electron chi connectivity index (χ2n) is 6.16. The Labute approximate surface area is 158 Å². The molecule has 2 aromatic heterocycles. The molecule has 1 N–H and O–H groups in total. The molecule has 1 aromatic carbocycles. The molecule has 1 unspecified atom stereocenters. The van der Waals surface area contributed by atoms with Gasteiger partial charge in [0.2, 0.25) is 0 Å². The van der Waals surface area contributed by atoms with Gasteiger partial charge in [-0.1, -0.05) is 12.1 Å². The standard InChI is InChI=1S/C21H24N2O2S/c1-15-5-4-9-22-21(15)18(11-17-8-10-26-14-17)23-13-16-6-7-19(24-2)20(12-16)25-3/h4-10,12,14,18,23H,11,13H2,1-3H3. The smallest absolute Gasteiger partial charge is 0.161 e. The van der Waals surface area contributed by atoms with Gasteiger partial charge in [0.05, 0.1) is 26.0 Å². The van der Waals surface area contributed by atoms with Gasteiger partial charge in [0.25, 0.3) is 0 Å². The predicted octanol–water partition coefficient (Wildman–Crippen LogP) is 4.54. The number of aromatic nitrogens is 1. The lowest BCUT2D eigenvalue weighted by atomic mass is 10.0. The lowest BCUT2D eigenvalue weighted by molar-refractivity contribution is 0.354. The topological polar surface area (TPSA) is 43.4 Å². The van der Waals surface area contributed by atoms with E-state index in [9.17, 15) is 0 Å². The van der Waals surface area contributed by atoms with Crippen molar-refractivity contribution in [2.24, 2.45) is 0 Å². The van der Waals surface area contributed by atoms with Gasteiger partial charge in [0.15, 0.2) is 11.5 Å². The Kier molecular flexibility index (Phi) is 6.26. The Morgan fingerprint density at radius 1 is 1.08 bits per heavy atom. The van der Waals surface area contributed by atoms with Crippen LogP contribution >= 0.6 is 11.3 Å². The summed E-state index contributed by atoms with van der Waals surface area (Å²) in [5, 5.41) is 7.98. The van der Waals surface area contributed by atoms with Crippen LogP contribution in [0.1, 0.15) is 28.4 Å². The van der Waals surface area contributed by atoms with Crippen molar-refractivity contribution in [3.63, 3.8) is 0 Å². The van der Waals surface area contributed by atoms with Crippen LogP contribution in [0.4, 0.5) is 0 Å². The van der Waals surface area contributed by atoms with Gasteiger partial charge in [-0.15, -0.1) is 0 Å². The zero-order valence-electron chi connectivity index (χ0n) is 15.4. The van der Waals surface area contributed by atoms with Gasteiger partial charge in [-0.25, -0.2) is 0 Å². The van der Waals surface area contributed by atoms with E-state index in [1.165, 1.54) is 11.1 Å². The summed E-state index contributed by atoms with van der Waals surface area (Å²) in [6.45, 7) is 2.84. The second kappa shape index (κ2) is 8.83. The number of nitrogens with one attached hydrogen (secondary N) is 1. The summed E-state index contributed by atoms with van der Waals surface area (Å²) in [7, 11) is 3.31. The van der Waals surface area contributed by atoms with Gasteiger partial charge in [-0.05, 0) is 65.1 Å². The van der Waals surface area contributed by atoms with Crippen LogP contribution < -0.4 is 14.8 Å². The van der Waals surface area contributed by atoms with Crippen molar-refractivity contribution < 1.29 is 9.47 Å². The average molecular weight is 369 g/mol. The van der Waals surface area contributed by atoms with Gasteiger partial charge in [0, 0.05) is 12.7 Å². The predicted molar refractivity (Wildman–Crippen MR) is 106 cm³/mol. The molecule has 2 heterocycles. The van der Waals surface area contributed by atoms with E-state index in [0.29, 0.717) is 0 Å². The molecular formula is C21H24N2O2S. The minimum absolute atomic E-state index is 0.152. The van der Waals surface area contributed by atoms with Gasteiger partial charge in [-0.2, -0.15) is 11.3 Å². The van der Waals surface area contributed by atoms with Crippen molar-refractivity contribution in [2.45, 2.75) is 25.9 Å². The molecule has 0 radical (unpaired) electrons. The van der Waals surface area contributed by atoms with Crippen molar-refractivity contribution in [1.29, 1.82) is 0 Å². The first-order valence-electron chi connectivity index (χ1n) is 8.58. The largest absolute Gasteiger partial charge is 0.493 e. The molecule has 4 nitrogen and oxygen atoms in total. The number of aryl methyl sites for hydroxylation is 1. The molecular weight excluding hydrogens is 344 g/mol. The first kappa shape index (κ1) is 18.4. The number of nitrogens with zero attached hydrogens (tertiary/aromatic N) is 1. The van der Waals surface area contributed by atoms with Crippen molar-refractivity contribution in [3.8, 4) is 11.5 Å². The van der Waals surface area contributed by atoms with Crippen LogP contribution in [0.3, 0.4) is 0 Å². The summed E-state index contributed by atoms with van der Waals surface area (Å²) < 4.78 is 10.7. The molecule has 0 spiro atoms. The molecule has 3 aromatic rings. The van der Waals surface area contributed by atoms with E-state index in [1.807, 2.05) is 24.4 Å². The van der Waals surface area contributed by atoms with E-state index in [-0.39, 0.29) is 6.04 Å². The van der Waals surface area contributed by atoms with E-state index in [2.05, 4.69) is 46.2 Å². The highest BCUT2D eigenvalue weighted by molar-refractivity contribution is 7.07. The molecule has 0 aliphatic heterocycles. The van der Waals surface area contributed by atoms with Crippen molar-refractivity contribution in [2.75, 3.05) is 14.2 Å². The highest BCUT2D eigenvalue weighted by atomic mass is 32.1. The molecule has 0 saturated carbocycles. The van der Waals surface area contributed by atoms with Crippen LogP contribution in [-0.4, -0.2) is 19.2 Å². The Bertz CT molecular complexity index is 834. The number of pyridine rings is 1. The van der Waals surface area contributed by atoms with Crippen molar-refractivity contribution in [1.82, 2.24) is 10.3 Å². The molecule has 0 saturated heterocycles. The highest BCUT2D eigenvalue weighted by Gasteiger charge is 2.16. The number of benzene rings is 1. The fourth-order valence-corrected chi connectivity index (χ4v) is 3.69. The van der Waals surface area contributed by atoms with Gasteiger partial charge >= 0.3 is 0 Å². The zero-order valence-corrected chi connectivity index (χ0v) is 16.2. The maximum Gasteiger partial charge on any atom is 0.161 e. The number of thiophene rings is 1. The summed E-state index contributed by atoms with van der Waals surface area (Å²) >= 11 is 1.73. The minimum Gasteiger partial charge on any atom is -0.493 e. The van der Waals surface area contributed by atoms with Crippen LogP contribution in [0.2, 0.25) is 0 Å². The van der Waals surface area contributed by atoms with Crippen molar-refractivity contribution in [3.05, 3.63) is 75.7 Å². The first-order valence-corrected chi connectivity index (χ1v) is 9.52. The van der Waals surface area contributed by atoms with Crippen LogP contribution in [0, 0.1) is 6.92 Å². The molecule has 0 aliphatic rings. The maximum absolute atomic E-state index is 5.41. The zero-order chi connectivity index (χ0) is 18.4. The van der Waals surface area contributed by atoms with Gasteiger partial charge in [-0.3, -0.25) is 4.98 Å². The monoisotopic (exact) mass is 368 g/mol. The van der Waals surface area contributed by atoms with Crippen LogP contribution in [0.15, 0.2) is 53.4 Å². The van der Waals surface area contributed by atoms with E-state index < -0.39 is 0 Å². The number of hydrogen-bond donors (Lipinski definition) is 1. The number of ether oxygens (including phenoxy) is 2. The molecule has 0 amide bonds. The average Bonchev–Trinajstić information content (AvgIpc) is 3.18. The Balaban J connectivity index is 1.79. The van der Waals surface area contributed by atoms with E-state index in [1.54, 1.807) is 25.6 Å². The highest BCUT2D eigenvalue weighted by Crippen LogP contribution is 2.28. The van der Waals surface area contributed by atoms with E-state index in [4.69, 9.17) is 9.47 Å². The summed E-state index contributed by atoms with van der Waals surface area (Å²) in [6, 6.07) is 12.4. The van der Waals surface area contributed by atoms with Gasteiger partial charge < -0.3 is 14.8 Å². The fourth-order valence-electron chi connectivity index (χ4n) is 3.00. The Morgan fingerprint density at radius 2 is 1.92 bits per heavy atom.